The van der Waals surface area contributed by atoms with E-state index in [1.165, 1.54) is 0 Å². The van der Waals surface area contributed by atoms with E-state index >= 15 is 0 Å². The van der Waals surface area contributed by atoms with Crippen LogP contribution < -0.4 is 0 Å². The van der Waals surface area contributed by atoms with Gasteiger partial charge in [-0.3, -0.25) is 4.68 Å². The van der Waals surface area contributed by atoms with Crippen molar-refractivity contribution in [2.45, 2.75) is 18.9 Å². The van der Waals surface area contributed by atoms with E-state index in [4.69, 9.17) is 9.26 Å². The predicted octanol–water partition coefficient (Wildman–Crippen LogP) is 0.818. The number of hydrogen-bond acceptors (Lipinski definition) is 5. The van der Waals surface area contributed by atoms with E-state index in [1.54, 1.807) is 10.9 Å². The third-order valence-corrected chi connectivity index (χ3v) is 2.63. The Morgan fingerprint density at radius 1 is 1.50 bits per heavy atom. The fraction of sp³-hybridized carbons (Fsp3) is 0.500. The molecule has 0 saturated carbocycles. The molecule has 0 radical (unpaired) electrons. The summed E-state index contributed by atoms with van der Waals surface area (Å²) in [7, 11) is 0. The second-order valence-corrected chi connectivity index (χ2v) is 3.81. The largest absolute Gasteiger partial charge is 0.381 e. The smallest absolute Gasteiger partial charge is 0.232 e. The van der Waals surface area contributed by atoms with Gasteiger partial charge in [-0.05, 0) is 12.5 Å². The van der Waals surface area contributed by atoms with E-state index in [1.807, 2.05) is 12.3 Å². The maximum atomic E-state index is 5.28. The first-order valence-electron chi connectivity index (χ1n) is 5.29. The van der Waals surface area contributed by atoms with E-state index in [0.29, 0.717) is 24.9 Å². The zero-order chi connectivity index (χ0) is 10.8. The van der Waals surface area contributed by atoms with Crippen LogP contribution in [0.15, 0.2) is 23.0 Å². The third-order valence-electron chi connectivity index (χ3n) is 2.63. The molecule has 0 N–H and O–H groups in total. The monoisotopic (exact) mass is 220 g/mol. The van der Waals surface area contributed by atoms with E-state index in [0.717, 1.165) is 13.0 Å². The molecule has 1 fully saturated rings. The lowest BCUT2D eigenvalue weighted by atomic mass is 10.1. The maximum absolute atomic E-state index is 5.28. The van der Waals surface area contributed by atoms with Gasteiger partial charge < -0.3 is 9.26 Å². The Hall–Kier alpha value is -1.69. The molecule has 6 heteroatoms. The van der Waals surface area contributed by atoms with Gasteiger partial charge in [-0.25, -0.2) is 0 Å². The average Bonchev–Trinajstić information content (AvgIpc) is 2.99. The minimum Gasteiger partial charge on any atom is -0.381 e. The van der Waals surface area contributed by atoms with Crippen molar-refractivity contribution < 1.29 is 9.26 Å². The van der Waals surface area contributed by atoms with Crippen LogP contribution in [0.25, 0.3) is 0 Å². The van der Waals surface area contributed by atoms with Crippen molar-refractivity contribution in [3.8, 4) is 0 Å². The molecule has 0 aromatic carbocycles. The van der Waals surface area contributed by atoms with Gasteiger partial charge in [-0.1, -0.05) is 5.16 Å². The van der Waals surface area contributed by atoms with Gasteiger partial charge in [-0.15, -0.1) is 0 Å². The quantitative estimate of drug-likeness (QED) is 0.766. The van der Waals surface area contributed by atoms with Crippen LogP contribution in [0, 0.1) is 0 Å². The molecule has 0 spiro atoms. The minimum atomic E-state index is 0.263. The molecule has 1 aliphatic rings. The summed E-state index contributed by atoms with van der Waals surface area (Å²) in [6.45, 7) is 2.01. The van der Waals surface area contributed by atoms with Crippen LogP contribution in [0.3, 0.4) is 0 Å². The highest BCUT2D eigenvalue weighted by Crippen LogP contribution is 2.23. The van der Waals surface area contributed by atoms with Gasteiger partial charge in [0.15, 0.2) is 5.82 Å². The first-order chi connectivity index (χ1) is 7.92. The molecule has 1 atom stereocenters. The Bertz CT molecular complexity index is 445. The Balaban J connectivity index is 1.72. The second-order valence-electron chi connectivity index (χ2n) is 3.81. The molecule has 3 rings (SSSR count). The second kappa shape index (κ2) is 4.05. The molecule has 1 saturated heterocycles. The first kappa shape index (κ1) is 9.53. The molecule has 2 aromatic heterocycles. The van der Waals surface area contributed by atoms with Crippen LogP contribution in [0.4, 0.5) is 0 Å². The Morgan fingerprint density at radius 2 is 2.50 bits per heavy atom. The highest BCUT2D eigenvalue weighted by atomic mass is 16.5. The molecule has 6 nitrogen and oxygen atoms in total. The van der Waals surface area contributed by atoms with Crippen molar-refractivity contribution >= 4 is 0 Å². The lowest BCUT2D eigenvalue weighted by molar-refractivity contribution is 0.189. The normalized spacial score (nSPS) is 20.4. The SMILES string of the molecule is c1cnn(Cc2noc(C3CCOC3)n2)c1. The summed E-state index contributed by atoms with van der Waals surface area (Å²) in [5, 5.41) is 8.02. The Morgan fingerprint density at radius 3 is 3.25 bits per heavy atom. The zero-order valence-electron chi connectivity index (χ0n) is 8.74. The van der Waals surface area contributed by atoms with Gasteiger partial charge in [0.1, 0.15) is 6.54 Å². The first-order valence-corrected chi connectivity index (χ1v) is 5.29. The van der Waals surface area contributed by atoms with E-state index < -0.39 is 0 Å². The fourth-order valence-corrected chi connectivity index (χ4v) is 1.77. The molecule has 0 aliphatic carbocycles. The number of ether oxygens (including phenoxy) is 1. The van der Waals surface area contributed by atoms with Gasteiger partial charge in [0.2, 0.25) is 5.89 Å². The molecule has 0 amide bonds. The number of rotatable bonds is 3. The number of hydrogen-bond donors (Lipinski definition) is 0. The molecule has 3 heterocycles. The van der Waals surface area contributed by atoms with Crippen molar-refractivity contribution in [3.05, 3.63) is 30.2 Å². The van der Waals surface area contributed by atoms with Crippen LogP contribution in [0.5, 0.6) is 0 Å². The Labute approximate surface area is 92.2 Å². The van der Waals surface area contributed by atoms with E-state index in [2.05, 4.69) is 15.2 Å². The molecule has 2 aromatic rings. The molecule has 1 aliphatic heterocycles. The fourth-order valence-electron chi connectivity index (χ4n) is 1.77. The molecule has 16 heavy (non-hydrogen) atoms. The lowest BCUT2D eigenvalue weighted by Gasteiger charge is -1.97. The summed E-state index contributed by atoms with van der Waals surface area (Å²) in [5.41, 5.74) is 0. The van der Waals surface area contributed by atoms with Crippen molar-refractivity contribution in [1.29, 1.82) is 0 Å². The number of nitrogens with zero attached hydrogens (tertiary/aromatic N) is 4. The standard InChI is InChI=1S/C10H12N4O2/c1-3-11-14(4-1)6-9-12-10(16-13-9)8-2-5-15-7-8/h1,3-4,8H,2,5-7H2. The maximum Gasteiger partial charge on any atom is 0.232 e. The van der Waals surface area contributed by atoms with Gasteiger partial charge in [0.05, 0.1) is 12.5 Å². The van der Waals surface area contributed by atoms with Crippen molar-refractivity contribution in [3.63, 3.8) is 0 Å². The van der Waals surface area contributed by atoms with Crippen LogP contribution >= 0.6 is 0 Å². The summed E-state index contributed by atoms with van der Waals surface area (Å²) >= 11 is 0. The van der Waals surface area contributed by atoms with Crippen LogP contribution in [0.2, 0.25) is 0 Å². The zero-order valence-corrected chi connectivity index (χ0v) is 8.74. The van der Waals surface area contributed by atoms with Crippen molar-refractivity contribution in [1.82, 2.24) is 19.9 Å². The minimum absolute atomic E-state index is 0.263. The summed E-state index contributed by atoms with van der Waals surface area (Å²) in [5.74, 6) is 1.60. The van der Waals surface area contributed by atoms with E-state index in [-0.39, 0.29) is 5.92 Å². The van der Waals surface area contributed by atoms with Gasteiger partial charge in [-0.2, -0.15) is 10.1 Å². The van der Waals surface area contributed by atoms with Gasteiger partial charge >= 0.3 is 0 Å². The highest BCUT2D eigenvalue weighted by Gasteiger charge is 2.23. The summed E-state index contributed by atoms with van der Waals surface area (Å²) in [4.78, 5) is 4.35. The molecule has 84 valence electrons. The highest BCUT2D eigenvalue weighted by molar-refractivity contribution is 4.96. The average molecular weight is 220 g/mol. The Kier molecular flexibility index (Phi) is 2.41. The summed E-state index contributed by atoms with van der Waals surface area (Å²) in [6.07, 6.45) is 4.56. The van der Waals surface area contributed by atoms with Crippen LogP contribution in [-0.4, -0.2) is 33.1 Å². The lowest BCUT2D eigenvalue weighted by Crippen LogP contribution is -2.02. The molecule has 0 bridgehead atoms. The van der Waals surface area contributed by atoms with Crippen molar-refractivity contribution in [2.75, 3.05) is 13.2 Å². The van der Waals surface area contributed by atoms with Crippen LogP contribution in [-0.2, 0) is 11.3 Å². The molecule has 1 unspecified atom stereocenters. The molecular weight excluding hydrogens is 208 g/mol. The topological polar surface area (TPSA) is 66.0 Å². The molecular formula is C10H12N4O2. The van der Waals surface area contributed by atoms with Gasteiger partial charge in [0.25, 0.3) is 0 Å². The van der Waals surface area contributed by atoms with Gasteiger partial charge in [0, 0.05) is 19.0 Å². The van der Waals surface area contributed by atoms with E-state index in [9.17, 15) is 0 Å². The summed E-state index contributed by atoms with van der Waals surface area (Å²) < 4.78 is 12.3. The third kappa shape index (κ3) is 1.83. The summed E-state index contributed by atoms with van der Waals surface area (Å²) in [6, 6.07) is 1.87. The predicted molar refractivity (Wildman–Crippen MR) is 53.8 cm³/mol. The number of aromatic nitrogens is 4. The van der Waals surface area contributed by atoms with Crippen LogP contribution in [0.1, 0.15) is 24.1 Å². The van der Waals surface area contributed by atoms with Crippen molar-refractivity contribution in [2.24, 2.45) is 0 Å².